The number of hydrogen-bond donors (Lipinski definition) is 1. The van der Waals surface area contributed by atoms with Crippen LogP contribution in [-0.2, 0) is 11.2 Å². The molecule has 18 heavy (non-hydrogen) atoms. The highest BCUT2D eigenvalue weighted by molar-refractivity contribution is 5.95. The lowest BCUT2D eigenvalue weighted by Gasteiger charge is -2.24. The minimum absolute atomic E-state index is 0.249. The molecule has 3 heteroatoms. The standard InChI is InChI=1S/C15H22N2O/c1-11(2)8-9-17-14-7-6-13(16)10-12(14)4-3-5-15(17)18/h6-7,10-11H,3-5,8-9,16H2,1-2H3. The quantitative estimate of drug-likeness (QED) is 0.833. The topological polar surface area (TPSA) is 46.3 Å². The van der Waals surface area contributed by atoms with Gasteiger partial charge >= 0.3 is 0 Å². The number of fused-ring (bicyclic) bond motifs is 1. The van der Waals surface area contributed by atoms with E-state index in [-0.39, 0.29) is 5.91 Å². The fourth-order valence-corrected chi connectivity index (χ4v) is 2.40. The molecule has 0 radical (unpaired) electrons. The first-order valence-corrected chi connectivity index (χ1v) is 6.76. The Morgan fingerprint density at radius 3 is 2.83 bits per heavy atom. The number of hydrogen-bond acceptors (Lipinski definition) is 2. The molecular weight excluding hydrogens is 224 g/mol. The third-order valence-electron chi connectivity index (χ3n) is 3.46. The third-order valence-corrected chi connectivity index (χ3v) is 3.46. The highest BCUT2D eigenvalue weighted by Gasteiger charge is 2.22. The molecule has 0 spiro atoms. The number of nitrogens with two attached hydrogens (primary N) is 1. The summed E-state index contributed by atoms with van der Waals surface area (Å²) in [5, 5.41) is 0. The van der Waals surface area contributed by atoms with Crippen molar-refractivity contribution in [3.63, 3.8) is 0 Å². The van der Waals surface area contributed by atoms with E-state index in [4.69, 9.17) is 5.73 Å². The summed E-state index contributed by atoms with van der Waals surface area (Å²) >= 11 is 0. The Morgan fingerprint density at radius 2 is 2.11 bits per heavy atom. The SMILES string of the molecule is CC(C)CCN1C(=O)CCCc2cc(N)ccc21. The van der Waals surface area contributed by atoms with Crippen LogP contribution in [0.3, 0.4) is 0 Å². The van der Waals surface area contributed by atoms with E-state index in [0.717, 1.165) is 37.2 Å². The Balaban J connectivity index is 2.28. The maximum Gasteiger partial charge on any atom is 0.226 e. The number of nitrogens with zero attached hydrogens (tertiary/aromatic N) is 1. The molecule has 1 aliphatic heterocycles. The summed E-state index contributed by atoms with van der Waals surface area (Å²) < 4.78 is 0. The Kier molecular flexibility index (Phi) is 3.90. The average Bonchev–Trinajstić information content (AvgIpc) is 2.45. The smallest absolute Gasteiger partial charge is 0.226 e. The van der Waals surface area contributed by atoms with Gasteiger partial charge in [0, 0.05) is 24.3 Å². The molecule has 0 atom stereocenters. The first-order valence-electron chi connectivity index (χ1n) is 6.76. The molecule has 0 saturated carbocycles. The van der Waals surface area contributed by atoms with Crippen LogP contribution >= 0.6 is 0 Å². The van der Waals surface area contributed by atoms with Gasteiger partial charge in [0.05, 0.1) is 0 Å². The second-order valence-corrected chi connectivity index (χ2v) is 5.47. The van der Waals surface area contributed by atoms with Gasteiger partial charge in [0.1, 0.15) is 0 Å². The first-order chi connectivity index (χ1) is 8.58. The molecular formula is C15H22N2O. The molecule has 0 aliphatic carbocycles. The molecule has 98 valence electrons. The summed E-state index contributed by atoms with van der Waals surface area (Å²) in [4.78, 5) is 14.1. The lowest BCUT2D eigenvalue weighted by Crippen LogP contribution is -2.31. The average molecular weight is 246 g/mol. The Labute approximate surface area is 109 Å². The summed E-state index contributed by atoms with van der Waals surface area (Å²) in [5.41, 5.74) is 8.89. The van der Waals surface area contributed by atoms with E-state index < -0.39 is 0 Å². The molecule has 2 rings (SSSR count). The van der Waals surface area contributed by atoms with Crippen LogP contribution in [0.4, 0.5) is 11.4 Å². The van der Waals surface area contributed by atoms with Crippen molar-refractivity contribution in [2.45, 2.75) is 39.5 Å². The molecule has 1 heterocycles. The molecule has 3 nitrogen and oxygen atoms in total. The molecule has 0 saturated heterocycles. The van der Waals surface area contributed by atoms with Gasteiger partial charge in [-0.2, -0.15) is 0 Å². The zero-order valence-electron chi connectivity index (χ0n) is 11.3. The second-order valence-electron chi connectivity index (χ2n) is 5.47. The van der Waals surface area contributed by atoms with Gasteiger partial charge in [-0.25, -0.2) is 0 Å². The van der Waals surface area contributed by atoms with E-state index in [1.807, 2.05) is 23.1 Å². The monoisotopic (exact) mass is 246 g/mol. The minimum Gasteiger partial charge on any atom is -0.399 e. The number of nitrogen functional groups attached to an aromatic ring is 1. The van der Waals surface area contributed by atoms with Crippen LogP contribution in [0.25, 0.3) is 0 Å². The molecule has 0 bridgehead atoms. The second kappa shape index (κ2) is 5.42. The molecule has 1 aliphatic rings. The predicted molar refractivity (Wildman–Crippen MR) is 75.6 cm³/mol. The molecule has 0 fully saturated rings. The van der Waals surface area contributed by atoms with Crippen molar-refractivity contribution >= 4 is 17.3 Å². The van der Waals surface area contributed by atoms with Crippen LogP contribution in [0.2, 0.25) is 0 Å². The van der Waals surface area contributed by atoms with E-state index in [1.54, 1.807) is 0 Å². The molecule has 1 amide bonds. The van der Waals surface area contributed by atoms with Crippen LogP contribution in [0.15, 0.2) is 18.2 Å². The van der Waals surface area contributed by atoms with Crippen molar-refractivity contribution in [2.75, 3.05) is 17.2 Å². The first kappa shape index (κ1) is 12.9. The van der Waals surface area contributed by atoms with Gasteiger partial charge in [0.2, 0.25) is 5.91 Å². The van der Waals surface area contributed by atoms with Gasteiger partial charge in [-0.05, 0) is 48.9 Å². The van der Waals surface area contributed by atoms with Crippen LogP contribution in [0.5, 0.6) is 0 Å². The Morgan fingerprint density at radius 1 is 1.33 bits per heavy atom. The number of carbonyl (C=O) groups is 1. The van der Waals surface area contributed by atoms with Gasteiger partial charge in [0.15, 0.2) is 0 Å². The predicted octanol–water partition coefficient (Wildman–Crippen LogP) is 2.98. The van der Waals surface area contributed by atoms with Crippen molar-refractivity contribution < 1.29 is 4.79 Å². The van der Waals surface area contributed by atoms with Crippen LogP contribution in [-0.4, -0.2) is 12.5 Å². The molecule has 2 N–H and O–H groups in total. The van der Waals surface area contributed by atoms with E-state index in [2.05, 4.69) is 13.8 Å². The van der Waals surface area contributed by atoms with Crippen molar-refractivity contribution in [1.82, 2.24) is 0 Å². The van der Waals surface area contributed by atoms with Crippen LogP contribution < -0.4 is 10.6 Å². The van der Waals surface area contributed by atoms with Gasteiger partial charge < -0.3 is 10.6 Å². The van der Waals surface area contributed by atoms with Crippen molar-refractivity contribution in [2.24, 2.45) is 5.92 Å². The summed E-state index contributed by atoms with van der Waals surface area (Å²) in [6.45, 7) is 5.19. The Bertz CT molecular complexity index is 440. The summed E-state index contributed by atoms with van der Waals surface area (Å²) in [6, 6.07) is 5.89. The number of amides is 1. The van der Waals surface area contributed by atoms with Crippen molar-refractivity contribution in [3.8, 4) is 0 Å². The number of aryl methyl sites for hydroxylation is 1. The van der Waals surface area contributed by atoms with Crippen molar-refractivity contribution in [3.05, 3.63) is 23.8 Å². The fraction of sp³-hybridized carbons (Fsp3) is 0.533. The zero-order chi connectivity index (χ0) is 13.1. The maximum absolute atomic E-state index is 12.2. The van der Waals surface area contributed by atoms with E-state index >= 15 is 0 Å². The van der Waals surface area contributed by atoms with Gasteiger partial charge in [-0.3, -0.25) is 4.79 Å². The normalized spacial score (nSPS) is 15.7. The van der Waals surface area contributed by atoms with Gasteiger partial charge in [-0.15, -0.1) is 0 Å². The summed E-state index contributed by atoms with van der Waals surface area (Å²) in [7, 11) is 0. The number of benzene rings is 1. The van der Waals surface area contributed by atoms with E-state index in [9.17, 15) is 4.79 Å². The van der Waals surface area contributed by atoms with Crippen molar-refractivity contribution in [1.29, 1.82) is 0 Å². The van der Waals surface area contributed by atoms with Crippen LogP contribution in [0.1, 0.15) is 38.7 Å². The van der Waals surface area contributed by atoms with Gasteiger partial charge in [0.25, 0.3) is 0 Å². The maximum atomic E-state index is 12.2. The van der Waals surface area contributed by atoms with Crippen LogP contribution in [0, 0.1) is 5.92 Å². The van der Waals surface area contributed by atoms with E-state index in [1.165, 1.54) is 5.56 Å². The highest BCUT2D eigenvalue weighted by Crippen LogP contribution is 2.29. The summed E-state index contributed by atoms with van der Waals surface area (Å²) in [6.07, 6.45) is 3.56. The number of rotatable bonds is 3. The molecule has 0 unspecified atom stereocenters. The number of anilines is 2. The lowest BCUT2D eigenvalue weighted by molar-refractivity contribution is -0.118. The zero-order valence-corrected chi connectivity index (χ0v) is 11.3. The summed E-state index contributed by atoms with van der Waals surface area (Å²) in [5.74, 6) is 0.859. The molecule has 1 aromatic carbocycles. The molecule has 0 aromatic heterocycles. The molecule has 1 aromatic rings. The lowest BCUT2D eigenvalue weighted by atomic mass is 10.1. The van der Waals surface area contributed by atoms with Gasteiger partial charge in [-0.1, -0.05) is 13.8 Å². The third kappa shape index (κ3) is 2.84. The van der Waals surface area contributed by atoms with E-state index in [0.29, 0.717) is 12.3 Å². The number of carbonyl (C=O) groups excluding carboxylic acids is 1. The largest absolute Gasteiger partial charge is 0.399 e. The fourth-order valence-electron chi connectivity index (χ4n) is 2.40. The Hall–Kier alpha value is -1.51. The minimum atomic E-state index is 0.249. The highest BCUT2D eigenvalue weighted by atomic mass is 16.2.